The molecule has 0 radical (unpaired) electrons. The Kier molecular flexibility index (Phi) is 3.53. The molecule has 3 aromatic heterocycles. The zero-order chi connectivity index (χ0) is 17.7. The topological polar surface area (TPSA) is 95.6 Å². The summed E-state index contributed by atoms with van der Waals surface area (Å²) in [5.41, 5.74) is 19.3. The SMILES string of the molecule is Nc1ncnc2c1c(-c1cnc3c(c1)C=CCC3)c1n2CC[C@@H](N)CC1. The van der Waals surface area contributed by atoms with Gasteiger partial charge in [-0.15, -0.1) is 0 Å². The predicted octanol–water partition coefficient (Wildman–Crippen LogP) is 2.70. The molecule has 0 unspecified atom stereocenters. The lowest BCUT2D eigenvalue weighted by molar-refractivity contribution is 0.559. The fourth-order valence-electron chi connectivity index (χ4n) is 4.24. The highest BCUT2D eigenvalue weighted by Gasteiger charge is 2.25. The van der Waals surface area contributed by atoms with Crippen LogP contribution in [0.5, 0.6) is 0 Å². The Labute approximate surface area is 152 Å². The minimum absolute atomic E-state index is 0.224. The van der Waals surface area contributed by atoms with E-state index < -0.39 is 0 Å². The molecular formula is C20H22N6. The minimum Gasteiger partial charge on any atom is -0.383 e. The van der Waals surface area contributed by atoms with Crippen LogP contribution >= 0.6 is 0 Å². The zero-order valence-electron chi connectivity index (χ0n) is 14.7. The zero-order valence-corrected chi connectivity index (χ0v) is 14.7. The average Bonchev–Trinajstić information content (AvgIpc) is 2.86. The van der Waals surface area contributed by atoms with Crippen LogP contribution in [0, 0.1) is 0 Å². The lowest BCUT2D eigenvalue weighted by atomic mass is 9.96. The number of anilines is 1. The average molecular weight is 346 g/mol. The van der Waals surface area contributed by atoms with Gasteiger partial charge in [-0.3, -0.25) is 4.98 Å². The van der Waals surface area contributed by atoms with Crippen molar-refractivity contribution in [3.63, 3.8) is 0 Å². The number of allylic oxidation sites excluding steroid dienone is 1. The minimum atomic E-state index is 0.224. The van der Waals surface area contributed by atoms with Crippen LogP contribution < -0.4 is 11.5 Å². The number of pyridine rings is 1. The molecule has 1 aliphatic heterocycles. The van der Waals surface area contributed by atoms with Crippen molar-refractivity contribution in [3.8, 4) is 11.1 Å². The van der Waals surface area contributed by atoms with Crippen LogP contribution in [0.3, 0.4) is 0 Å². The van der Waals surface area contributed by atoms with Crippen LogP contribution in [0.4, 0.5) is 5.82 Å². The first-order chi connectivity index (χ1) is 12.7. The van der Waals surface area contributed by atoms with E-state index in [2.05, 4.69) is 32.8 Å². The largest absolute Gasteiger partial charge is 0.383 e. The Morgan fingerprint density at radius 1 is 1.12 bits per heavy atom. The summed E-state index contributed by atoms with van der Waals surface area (Å²) in [5.74, 6) is 0.531. The van der Waals surface area contributed by atoms with Crippen molar-refractivity contribution in [2.75, 3.05) is 5.73 Å². The Balaban J connectivity index is 1.79. The van der Waals surface area contributed by atoms with Crippen molar-refractivity contribution in [2.24, 2.45) is 5.73 Å². The normalized spacial score (nSPS) is 19.2. The molecule has 1 atom stereocenters. The molecular weight excluding hydrogens is 324 g/mol. The number of hydrogen-bond acceptors (Lipinski definition) is 5. The third-order valence-electron chi connectivity index (χ3n) is 5.59. The van der Waals surface area contributed by atoms with E-state index in [1.807, 2.05) is 6.20 Å². The van der Waals surface area contributed by atoms with Gasteiger partial charge in [-0.2, -0.15) is 0 Å². The highest BCUT2D eigenvalue weighted by Crippen LogP contribution is 2.39. The van der Waals surface area contributed by atoms with Gasteiger partial charge in [0.1, 0.15) is 17.8 Å². The second-order valence-corrected chi connectivity index (χ2v) is 7.22. The van der Waals surface area contributed by atoms with Crippen LogP contribution in [0.1, 0.15) is 36.2 Å². The first kappa shape index (κ1) is 15.5. The first-order valence-corrected chi connectivity index (χ1v) is 9.25. The molecule has 0 saturated carbocycles. The molecule has 132 valence electrons. The molecule has 3 aromatic rings. The van der Waals surface area contributed by atoms with E-state index in [0.29, 0.717) is 5.82 Å². The summed E-state index contributed by atoms with van der Waals surface area (Å²) in [6.45, 7) is 0.863. The fourth-order valence-corrected chi connectivity index (χ4v) is 4.24. The van der Waals surface area contributed by atoms with Gasteiger partial charge in [0, 0.05) is 41.3 Å². The van der Waals surface area contributed by atoms with Gasteiger partial charge in [-0.1, -0.05) is 12.2 Å². The molecule has 0 amide bonds. The molecule has 0 saturated heterocycles. The Bertz CT molecular complexity index is 1030. The van der Waals surface area contributed by atoms with Crippen LogP contribution in [0.15, 0.2) is 24.7 Å². The van der Waals surface area contributed by atoms with Gasteiger partial charge in [0.2, 0.25) is 0 Å². The lowest BCUT2D eigenvalue weighted by Crippen LogP contribution is -2.19. The highest BCUT2D eigenvalue weighted by molar-refractivity contribution is 6.02. The van der Waals surface area contributed by atoms with Crippen molar-refractivity contribution < 1.29 is 0 Å². The number of aromatic nitrogens is 4. The summed E-state index contributed by atoms with van der Waals surface area (Å²) in [5, 5.41) is 0.944. The molecule has 1 aliphatic carbocycles. The second kappa shape index (κ2) is 5.92. The molecule has 2 aliphatic rings. The van der Waals surface area contributed by atoms with E-state index in [4.69, 9.17) is 16.5 Å². The standard InChI is InChI=1S/C20H22N6/c21-14-5-6-16-17(13-9-12-3-1-2-4-15(12)23-10-13)18-19(22)24-11-25-20(18)26(16)8-7-14/h1,3,9-11,14H,2,4-8,21H2,(H2,22,24,25)/t14-/m0/s1. The third kappa shape index (κ3) is 2.33. The molecule has 6 heteroatoms. The number of aryl methyl sites for hydroxylation is 2. The van der Waals surface area contributed by atoms with E-state index >= 15 is 0 Å². The number of nitrogens with two attached hydrogens (primary N) is 2. The maximum Gasteiger partial charge on any atom is 0.146 e. The molecule has 5 rings (SSSR count). The Morgan fingerprint density at radius 2 is 2.04 bits per heavy atom. The quantitative estimate of drug-likeness (QED) is 0.706. The second-order valence-electron chi connectivity index (χ2n) is 7.22. The van der Waals surface area contributed by atoms with E-state index in [1.165, 1.54) is 11.3 Å². The van der Waals surface area contributed by atoms with Crippen molar-refractivity contribution >= 4 is 22.9 Å². The Morgan fingerprint density at radius 3 is 2.96 bits per heavy atom. The summed E-state index contributed by atoms with van der Waals surface area (Å²) in [4.78, 5) is 13.5. The lowest BCUT2D eigenvalue weighted by Gasteiger charge is -2.12. The number of rotatable bonds is 1. The van der Waals surface area contributed by atoms with Crippen molar-refractivity contribution in [1.29, 1.82) is 0 Å². The number of nitrogens with zero attached hydrogens (tertiary/aromatic N) is 4. The maximum absolute atomic E-state index is 6.29. The van der Waals surface area contributed by atoms with E-state index in [0.717, 1.165) is 66.5 Å². The third-order valence-corrected chi connectivity index (χ3v) is 5.59. The maximum atomic E-state index is 6.29. The molecule has 4 N–H and O–H groups in total. The number of nitrogen functional groups attached to an aromatic ring is 1. The summed E-state index contributed by atoms with van der Waals surface area (Å²) >= 11 is 0. The molecule has 0 aromatic carbocycles. The summed E-state index contributed by atoms with van der Waals surface area (Å²) in [6.07, 6.45) is 12.8. The van der Waals surface area contributed by atoms with Gasteiger partial charge in [0.25, 0.3) is 0 Å². The molecule has 4 heterocycles. The number of fused-ring (bicyclic) bond motifs is 4. The van der Waals surface area contributed by atoms with Crippen molar-refractivity contribution in [2.45, 2.75) is 44.7 Å². The molecule has 0 bridgehead atoms. The Hall–Kier alpha value is -2.73. The number of hydrogen-bond donors (Lipinski definition) is 2. The first-order valence-electron chi connectivity index (χ1n) is 9.25. The van der Waals surface area contributed by atoms with Crippen LogP contribution in [-0.2, 0) is 19.4 Å². The van der Waals surface area contributed by atoms with Gasteiger partial charge in [-0.25, -0.2) is 9.97 Å². The molecule has 0 spiro atoms. The van der Waals surface area contributed by atoms with Crippen LogP contribution in [-0.4, -0.2) is 25.6 Å². The molecule has 26 heavy (non-hydrogen) atoms. The van der Waals surface area contributed by atoms with Gasteiger partial charge >= 0.3 is 0 Å². The van der Waals surface area contributed by atoms with E-state index in [1.54, 1.807) is 6.33 Å². The summed E-state index contributed by atoms with van der Waals surface area (Å²) in [6, 6.07) is 2.45. The monoisotopic (exact) mass is 346 g/mol. The predicted molar refractivity (Wildman–Crippen MR) is 103 cm³/mol. The smallest absolute Gasteiger partial charge is 0.146 e. The van der Waals surface area contributed by atoms with Crippen molar-refractivity contribution in [3.05, 3.63) is 41.6 Å². The van der Waals surface area contributed by atoms with Gasteiger partial charge in [0.05, 0.1) is 5.39 Å². The van der Waals surface area contributed by atoms with Crippen molar-refractivity contribution in [1.82, 2.24) is 19.5 Å². The highest BCUT2D eigenvalue weighted by atomic mass is 15.1. The van der Waals surface area contributed by atoms with E-state index in [-0.39, 0.29) is 6.04 Å². The summed E-state index contributed by atoms with van der Waals surface area (Å²) in [7, 11) is 0. The molecule has 0 fully saturated rings. The summed E-state index contributed by atoms with van der Waals surface area (Å²) < 4.78 is 2.28. The van der Waals surface area contributed by atoms with Gasteiger partial charge in [0.15, 0.2) is 0 Å². The van der Waals surface area contributed by atoms with Gasteiger partial charge in [-0.05, 0) is 43.7 Å². The van der Waals surface area contributed by atoms with E-state index in [9.17, 15) is 0 Å². The van der Waals surface area contributed by atoms with Crippen LogP contribution in [0.25, 0.3) is 28.2 Å². The van der Waals surface area contributed by atoms with Crippen LogP contribution in [0.2, 0.25) is 0 Å². The van der Waals surface area contributed by atoms with Gasteiger partial charge < -0.3 is 16.0 Å². The molecule has 6 nitrogen and oxygen atoms in total. The fraction of sp³-hybridized carbons (Fsp3) is 0.350.